The average Bonchev–Trinajstić information content (AvgIpc) is 3.27. The van der Waals surface area contributed by atoms with Crippen LogP contribution in [0.2, 0.25) is 0 Å². The number of nitrogens with zero attached hydrogens (tertiary/aromatic N) is 1. The van der Waals surface area contributed by atoms with Crippen molar-refractivity contribution in [2.75, 3.05) is 16.8 Å². The molecule has 9 nitrogen and oxygen atoms in total. The standard InChI is InChI=1S/C21H22N2O6S4.H2O/c24-32(25,26)12-4-7-15-6-3-10-18-21(15)23(11-5-13-33(27,28)29)20(31-18)14-19-22-16-8-1-2-9-17(16)30-19;/h1-3,6,8-10,14H,4-5,7,11-13H2,(H2,24,25,26,27,28,29);1H2. The molecule has 3 aromatic rings. The summed E-state index contributed by atoms with van der Waals surface area (Å²) in [7, 11) is -8.12. The number of para-hydroxylation sites is 2. The van der Waals surface area contributed by atoms with Crippen LogP contribution in [0.5, 0.6) is 0 Å². The van der Waals surface area contributed by atoms with Crippen molar-refractivity contribution in [2.45, 2.75) is 30.7 Å². The van der Waals surface area contributed by atoms with E-state index in [-0.39, 0.29) is 29.8 Å². The molecule has 1 aromatic heterocycles. The molecule has 0 atom stereocenters. The molecule has 2 heterocycles. The Kier molecular flexibility index (Phi) is 8.39. The largest absolute Gasteiger partial charge is 0.870 e. The van der Waals surface area contributed by atoms with Gasteiger partial charge >= 0.3 is 0 Å². The smallest absolute Gasteiger partial charge is 0.265 e. The Morgan fingerprint density at radius 1 is 0.941 bits per heavy atom. The quantitative estimate of drug-likeness (QED) is 0.270. The van der Waals surface area contributed by atoms with Crippen LogP contribution >= 0.6 is 23.1 Å². The van der Waals surface area contributed by atoms with Crippen molar-refractivity contribution in [2.24, 2.45) is 0 Å². The number of aromatic nitrogens is 1. The minimum absolute atomic E-state index is 0. The minimum Gasteiger partial charge on any atom is -0.870 e. The van der Waals surface area contributed by atoms with E-state index in [1.165, 1.54) is 0 Å². The first kappa shape index (κ1) is 26.6. The summed E-state index contributed by atoms with van der Waals surface area (Å²) >= 11 is 3.17. The van der Waals surface area contributed by atoms with E-state index in [1.807, 2.05) is 53.1 Å². The molecule has 13 heteroatoms. The molecule has 0 amide bonds. The maximum Gasteiger partial charge on any atom is 0.265 e. The topological polar surface area (TPSA) is 155 Å². The van der Waals surface area contributed by atoms with Crippen LogP contribution in [0.15, 0.2) is 52.4 Å². The first-order chi connectivity index (χ1) is 15.6. The van der Waals surface area contributed by atoms with Crippen LogP contribution in [0, 0.1) is 0 Å². The maximum atomic E-state index is 11.3. The van der Waals surface area contributed by atoms with Gasteiger partial charge in [0.15, 0.2) is 6.54 Å². The van der Waals surface area contributed by atoms with E-state index in [2.05, 4.69) is 5.32 Å². The van der Waals surface area contributed by atoms with Crippen LogP contribution < -0.4 is 9.88 Å². The van der Waals surface area contributed by atoms with Gasteiger partial charge in [0, 0.05) is 16.9 Å². The van der Waals surface area contributed by atoms with Gasteiger partial charge in [-0.25, -0.2) is 0 Å². The highest BCUT2D eigenvalue weighted by atomic mass is 32.2. The van der Waals surface area contributed by atoms with Crippen molar-refractivity contribution < 1.29 is 36.0 Å². The average molecular weight is 545 g/mol. The summed E-state index contributed by atoms with van der Waals surface area (Å²) in [5.74, 6) is -0.678. The number of rotatable bonds is 9. The fourth-order valence-corrected chi connectivity index (χ4v) is 6.93. The lowest BCUT2D eigenvalue weighted by Gasteiger charge is -2.03. The van der Waals surface area contributed by atoms with Gasteiger partial charge in [-0.15, -0.1) is 0 Å². The van der Waals surface area contributed by atoms with Crippen molar-refractivity contribution in [3.63, 3.8) is 0 Å². The van der Waals surface area contributed by atoms with Gasteiger partial charge in [-0.2, -0.15) is 21.4 Å². The number of nitrogens with one attached hydrogen (secondary N) is 1. The number of benzene rings is 2. The van der Waals surface area contributed by atoms with Crippen molar-refractivity contribution in [3.05, 3.63) is 58.1 Å². The van der Waals surface area contributed by atoms with Crippen LogP contribution in [0.1, 0.15) is 23.4 Å². The first-order valence-electron chi connectivity index (χ1n) is 10.2. The van der Waals surface area contributed by atoms with Gasteiger partial charge in [-0.05, 0) is 31.0 Å². The molecule has 0 saturated carbocycles. The molecule has 4 N–H and O–H groups in total. The summed E-state index contributed by atoms with van der Waals surface area (Å²) in [4.78, 5) is 1.12. The third-order valence-corrected chi connectivity index (χ3v) is 8.81. The lowest BCUT2D eigenvalue weighted by Crippen LogP contribution is -2.37. The van der Waals surface area contributed by atoms with E-state index >= 15 is 0 Å². The zero-order chi connectivity index (χ0) is 23.6. The molecule has 0 spiro atoms. The molecule has 0 bridgehead atoms. The number of fused-ring (bicyclic) bond motifs is 2. The minimum atomic E-state index is -4.08. The van der Waals surface area contributed by atoms with Crippen molar-refractivity contribution in [1.82, 2.24) is 0 Å². The number of thioether (sulfide) groups is 1. The number of anilines is 1. The van der Waals surface area contributed by atoms with Crippen LogP contribution in [0.25, 0.3) is 16.3 Å². The highest BCUT2D eigenvalue weighted by molar-refractivity contribution is 8.03. The van der Waals surface area contributed by atoms with Gasteiger partial charge in [0.05, 0.1) is 28.3 Å². The van der Waals surface area contributed by atoms with E-state index in [9.17, 15) is 16.8 Å². The molecule has 0 fully saturated rings. The third kappa shape index (κ3) is 6.78. The molecule has 0 saturated heterocycles. The van der Waals surface area contributed by atoms with Crippen molar-refractivity contribution in [3.8, 4) is 0 Å². The second-order valence-corrected chi connectivity index (χ2v) is 12.9. The molecule has 1 aliphatic rings. The zero-order valence-corrected chi connectivity index (χ0v) is 21.2. The highest BCUT2D eigenvalue weighted by Gasteiger charge is 2.25. The molecular formula is C21H24N2O7S4. The number of thiazole rings is 1. The van der Waals surface area contributed by atoms with Gasteiger partial charge in [-0.3, -0.25) is 9.11 Å². The highest BCUT2D eigenvalue weighted by Crippen LogP contribution is 2.41. The summed E-state index contributed by atoms with van der Waals surface area (Å²) in [5.41, 5.74) is 2.85. The van der Waals surface area contributed by atoms with E-state index in [1.54, 1.807) is 23.1 Å². The van der Waals surface area contributed by atoms with Gasteiger partial charge in [0.25, 0.3) is 25.2 Å². The number of aryl methyl sites for hydroxylation is 2. The van der Waals surface area contributed by atoms with E-state index in [4.69, 9.17) is 9.11 Å². The molecule has 1 aliphatic heterocycles. The van der Waals surface area contributed by atoms with Gasteiger partial charge < -0.3 is 10.8 Å². The molecule has 0 aliphatic carbocycles. The monoisotopic (exact) mass is 544 g/mol. The molecular weight excluding hydrogens is 521 g/mol. The summed E-state index contributed by atoms with van der Waals surface area (Å²) in [6.07, 6.45) is 2.96. The Hall–Kier alpha value is -2.00. The molecule has 184 valence electrons. The number of hydrogen-bond acceptors (Lipinski definition) is 8. The second kappa shape index (κ2) is 10.7. The van der Waals surface area contributed by atoms with E-state index in [0.717, 1.165) is 36.4 Å². The molecule has 34 heavy (non-hydrogen) atoms. The Labute approximate surface area is 206 Å². The van der Waals surface area contributed by atoms with Crippen LogP contribution in [0.4, 0.5) is 5.69 Å². The molecule has 4 rings (SSSR count). The Morgan fingerprint density at radius 2 is 1.65 bits per heavy atom. The van der Waals surface area contributed by atoms with Crippen molar-refractivity contribution >= 4 is 65.3 Å². The van der Waals surface area contributed by atoms with E-state index < -0.39 is 20.2 Å². The summed E-state index contributed by atoms with van der Waals surface area (Å²) < 4.78 is 66.0. The first-order valence-corrected chi connectivity index (χ1v) is 15.0. The van der Waals surface area contributed by atoms with E-state index in [0.29, 0.717) is 13.0 Å². The van der Waals surface area contributed by atoms with Crippen LogP contribution in [-0.4, -0.2) is 42.9 Å². The third-order valence-electron chi connectivity index (χ3n) is 5.08. The van der Waals surface area contributed by atoms with Crippen molar-refractivity contribution in [1.29, 1.82) is 0 Å². The molecule has 2 aromatic carbocycles. The van der Waals surface area contributed by atoms with Crippen LogP contribution in [-0.2, 0) is 33.2 Å². The summed E-state index contributed by atoms with van der Waals surface area (Å²) in [5, 5.41) is 5.24. The fourth-order valence-electron chi connectivity index (χ4n) is 3.73. The number of hydrogen-bond donors (Lipinski definition) is 3. The Morgan fingerprint density at radius 3 is 2.35 bits per heavy atom. The summed E-state index contributed by atoms with van der Waals surface area (Å²) in [6.45, 7) is 0.367. The predicted octanol–water partition coefficient (Wildman–Crippen LogP) is 3.63. The lowest BCUT2D eigenvalue weighted by atomic mass is 10.1. The lowest BCUT2D eigenvalue weighted by molar-refractivity contribution is -0.668. The second-order valence-electron chi connectivity index (χ2n) is 7.62. The normalized spacial score (nSPS) is 14.7. The molecule has 0 radical (unpaired) electrons. The Balaban J connectivity index is 0.00000324. The maximum absolute atomic E-state index is 11.3. The van der Waals surface area contributed by atoms with Gasteiger partial charge in [0.2, 0.25) is 5.52 Å². The summed E-state index contributed by atoms with van der Waals surface area (Å²) in [6, 6.07) is 13.8. The van der Waals surface area contributed by atoms with Gasteiger partial charge in [0.1, 0.15) is 4.70 Å². The van der Waals surface area contributed by atoms with Crippen LogP contribution in [0.3, 0.4) is 0 Å². The fraction of sp³-hybridized carbons (Fsp3) is 0.286. The molecule has 0 unspecified atom stereocenters. The SMILES string of the molecule is O=S(=O)(O)CCCc1cccc2sc(C=C3Nc4ccccc4S3)[n+](CCCS(=O)(=O)O)c12.[OH-]. The van der Waals surface area contributed by atoms with Gasteiger partial charge in [-0.1, -0.05) is 47.4 Å². The Bertz CT molecular complexity index is 1400. The zero-order valence-electron chi connectivity index (χ0n) is 17.9. The predicted molar refractivity (Wildman–Crippen MR) is 134 cm³/mol.